The molecule has 0 bridgehead atoms. The first-order chi connectivity index (χ1) is 16.0. The Morgan fingerprint density at radius 2 is 1.73 bits per heavy atom. The van der Waals surface area contributed by atoms with Crippen LogP contribution in [0.15, 0.2) is 61.4 Å². The van der Waals surface area contributed by atoms with Crippen molar-refractivity contribution < 1.29 is 14.8 Å². The summed E-state index contributed by atoms with van der Waals surface area (Å²) in [5, 5.41) is 33.8. The fourth-order valence-electron chi connectivity index (χ4n) is 2.93. The van der Waals surface area contributed by atoms with Gasteiger partial charge in [-0.2, -0.15) is 0 Å². The number of anilines is 2. The number of benzene rings is 1. The fourth-order valence-corrected chi connectivity index (χ4v) is 2.93. The first kappa shape index (κ1) is 21.3. The highest BCUT2D eigenvalue weighted by atomic mass is 16.6. The van der Waals surface area contributed by atoms with Gasteiger partial charge in [0.1, 0.15) is 30.2 Å². The highest BCUT2D eigenvalue weighted by molar-refractivity contribution is 5.94. The molecule has 3 N–H and O–H groups in total. The van der Waals surface area contributed by atoms with Crippen molar-refractivity contribution in [3.05, 3.63) is 77.1 Å². The molecule has 3 heterocycles. The lowest BCUT2D eigenvalue weighted by Gasteiger charge is -2.11. The summed E-state index contributed by atoms with van der Waals surface area (Å²) in [6, 6.07) is 10.0. The van der Waals surface area contributed by atoms with E-state index in [2.05, 4.69) is 35.8 Å². The van der Waals surface area contributed by atoms with Crippen LogP contribution in [-0.2, 0) is 0 Å². The quantitative estimate of drug-likeness (QED) is 0.195. The molecule has 0 saturated carbocycles. The van der Waals surface area contributed by atoms with Crippen LogP contribution >= 0.6 is 0 Å². The minimum atomic E-state index is -1.13. The highest BCUT2D eigenvalue weighted by Crippen LogP contribution is 2.24. The largest absolute Gasteiger partial charge is 0.478 e. The van der Waals surface area contributed by atoms with E-state index in [1.165, 1.54) is 24.5 Å². The summed E-state index contributed by atoms with van der Waals surface area (Å²) in [6.07, 6.45) is 5.55. The molecule has 0 unspecified atom stereocenters. The average Bonchev–Trinajstić information content (AvgIpc) is 3.37. The van der Waals surface area contributed by atoms with Gasteiger partial charge in [0.15, 0.2) is 0 Å². The van der Waals surface area contributed by atoms with E-state index in [9.17, 15) is 20.0 Å². The molecule has 13 nitrogen and oxygen atoms in total. The van der Waals surface area contributed by atoms with Crippen LogP contribution in [0.4, 0.5) is 17.5 Å². The lowest BCUT2D eigenvalue weighted by atomic mass is 10.1. The van der Waals surface area contributed by atoms with Crippen LogP contribution in [0, 0.1) is 10.1 Å². The number of carboxylic acids is 1. The van der Waals surface area contributed by atoms with E-state index in [0.29, 0.717) is 24.5 Å². The number of nitro groups is 1. The number of pyridine rings is 1. The van der Waals surface area contributed by atoms with Gasteiger partial charge in [-0.1, -0.05) is 12.1 Å². The molecule has 0 saturated heterocycles. The third kappa shape index (κ3) is 5.04. The molecule has 3 aromatic heterocycles. The Hall–Kier alpha value is -4.94. The van der Waals surface area contributed by atoms with Crippen molar-refractivity contribution in [1.82, 2.24) is 29.7 Å². The van der Waals surface area contributed by atoms with Gasteiger partial charge in [0.25, 0.3) is 5.69 Å². The molecular weight excluding hydrogens is 430 g/mol. The molecule has 0 amide bonds. The number of rotatable bonds is 9. The monoisotopic (exact) mass is 447 g/mol. The van der Waals surface area contributed by atoms with Crippen molar-refractivity contribution in [3.8, 4) is 16.9 Å². The molecule has 0 aliphatic heterocycles. The third-order valence-electron chi connectivity index (χ3n) is 4.55. The minimum absolute atomic E-state index is 0.0224. The van der Waals surface area contributed by atoms with Crippen LogP contribution in [-0.4, -0.2) is 58.8 Å². The molecule has 13 heteroatoms. The van der Waals surface area contributed by atoms with Gasteiger partial charge in [-0.25, -0.2) is 19.7 Å². The Bertz CT molecular complexity index is 1260. The minimum Gasteiger partial charge on any atom is -0.478 e. The summed E-state index contributed by atoms with van der Waals surface area (Å²) >= 11 is 0. The maximum absolute atomic E-state index is 11.7. The van der Waals surface area contributed by atoms with Gasteiger partial charge in [-0.05, 0) is 18.2 Å². The second-order valence-electron chi connectivity index (χ2n) is 6.69. The number of aromatic carboxylic acids is 1. The normalized spacial score (nSPS) is 10.5. The Morgan fingerprint density at radius 3 is 2.36 bits per heavy atom. The first-order valence-corrected chi connectivity index (χ1v) is 9.65. The number of nitrogens with zero attached hydrogens (tertiary/aromatic N) is 7. The van der Waals surface area contributed by atoms with Crippen LogP contribution in [0.2, 0.25) is 0 Å². The molecule has 0 atom stereocenters. The summed E-state index contributed by atoms with van der Waals surface area (Å²) in [5.41, 5.74) is 1.60. The Kier molecular flexibility index (Phi) is 6.11. The molecular formula is C20H17N9O4. The van der Waals surface area contributed by atoms with Crippen molar-refractivity contribution in [3.63, 3.8) is 0 Å². The van der Waals surface area contributed by atoms with Gasteiger partial charge in [0, 0.05) is 36.6 Å². The zero-order valence-electron chi connectivity index (χ0n) is 17.0. The van der Waals surface area contributed by atoms with Gasteiger partial charge in [0.05, 0.1) is 10.6 Å². The van der Waals surface area contributed by atoms with Gasteiger partial charge < -0.3 is 15.7 Å². The number of carboxylic acid groups (broad SMARTS) is 1. The van der Waals surface area contributed by atoms with E-state index < -0.39 is 10.9 Å². The lowest BCUT2D eigenvalue weighted by molar-refractivity contribution is -0.385. The second-order valence-corrected chi connectivity index (χ2v) is 6.69. The topological polar surface area (TPSA) is 174 Å². The molecule has 4 rings (SSSR count). The highest BCUT2D eigenvalue weighted by Gasteiger charge is 2.15. The van der Waals surface area contributed by atoms with E-state index in [4.69, 9.17) is 0 Å². The predicted octanol–water partition coefficient (Wildman–Crippen LogP) is 2.25. The molecule has 0 fully saturated rings. The summed E-state index contributed by atoms with van der Waals surface area (Å²) < 4.78 is 1.72. The van der Waals surface area contributed by atoms with E-state index in [1.807, 2.05) is 0 Å². The fraction of sp³-hybridized carbons (Fsp3) is 0.100. The van der Waals surface area contributed by atoms with Gasteiger partial charge in [-0.3, -0.25) is 14.7 Å². The zero-order valence-corrected chi connectivity index (χ0v) is 17.0. The second kappa shape index (κ2) is 9.47. The number of nitrogens with one attached hydrogen (secondary N) is 2. The zero-order chi connectivity index (χ0) is 23.2. The smallest absolute Gasteiger partial charge is 0.339 e. The molecule has 0 radical (unpaired) electrons. The van der Waals surface area contributed by atoms with E-state index in [0.717, 1.165) is 5.69 Å². The summed E-state index contributed by atoms with van der Waals surface area (Å²) in [6.45, 7) is 0.828. The van der Waals surface area contributed by atoms with Crippen molar-refractivity contribution in [2.45, 2.75) is 0 Å². The maximum atomic E-state index is 11.7. The lowest BCUT2D eigenvalue weighted by Crippen LogP contribution is -2.16. The molecule has 0 spiro atoms. The standard InChI is InChI=1S/C20H17N9O4/c30-19(31)16-10-24-20(22-8-7-21-17-6-5-15(9-23-17)29(32)33)27-18(16)13-1-3-14(4-2-13)28-11-25-26-12-28/h1-6,9-12H,7-8H2,(H,21,23)(H,30,31)(H,22,24,27). The van der Waals surface area contributed by atoms with E-state index >= 15 is 0 Å². The van der Waals surface area contributed by atoms with Crippen molar-refractivity contribution in [2.24, 2.45) is 0 Å². The maximum Gasteiger partial charge on any atom is 0.339 e. The van der Waals surface area contributed by atoms with Crippen LogP contribution in [0.5, 0.6) is 0 Å². The van der Waals surface area contributed by atoms with E-state index in [1.54, 1.807) is 41.5 Å². The molecule has 33 heavy (non-hydrogen) atoms. The summed E-state index contributed by atoms with van der Waals surface area (Å²) in [7, 11) is 0. The van der Waals surface area contributed by atoms with Crippen LogP contribution < -0.4 is 10.6 Å². The number of carbonyl (C=O) groups is 1. The van der Waals surface area contributed by atoms with Gasteiger partial charge in [-0.15, -0.1) is 10.2 Å². The van der Waals surface area contributed by atoms with Crippen LogP contribution in [0.1, 0.15) is 10.4 Å². The number of hydrogen-bond acceptors (Lipinski definition) is 10. The molecule has 1 aromatic carbocycles. The summed E-state index contributed by atoms with van der Waals surface area (Å²) in [5.74, 6) is -0.389. The van der Waals surface area contributed by atoms with Crippen molar-refractivity contribution in [1.29, 1.82) is 0 Å². The Balaban J connectivity index is 1.43. The molecule has 166 valence electrons. The van der Waals surface area contributed by atoms with Gasteiger partial charge >= 0.3 is 5.97 Å². The third-order valence-corrected chi connectivity index (χ3v) is 4.55. The van der Waals surface area contributed by atoms with Gasteiger partial charge in [0.2, 0.25) is 5.95 Å². The average molecular weight is 447 g/mol. The molecule has 0 aliphatic carbocycles. The molecule has 0 aliphatic rings. The predicted molar refractivity (Wildman–Crippen MR) is 117 cm³/mol. The van der Waals surface area contributed by atoms with Crippen LogP contribution in [0.3, 0.4) is 0 Å². The number of aromatic nitrogens is 6. The first-order valence-electron chi connectivity index (χ1n) is 9.65. The van der Waals surface area contributed by atoms with Crippen LogP contribution in [0.25, 0.3) is 16.9 Å². The Morgan fingerprint density at radius 1 is 1.00 bits per heavy atom. The summed E-state index contributed by atoms with van der Waals surface area (Å²) in [4.78, 5) is 34.2. The van der Waals surface area contributed by atoms with Crippen molar-refractivity contribution >= 4 is 23.4 Å². The Labute approximate surface area is 186 Å². The molecule has 4 aromatic rings. The number of hydrogen-bond donors (Lipinski definition) is 3. The van der Waals surface area contributed by atoms with E-state index in [-0.39, 0.29) is 22.9 Å². The van der Waals surface area contributed by atoms with Crippen molar-refractivity contribution in [2.75, 3.05) is 23.7 Å². The SMILES string of the molecule is O=C(O)c1cnc(NCCNc2ccc([N+](=O)[O-])cn2)nc1-c1ccc(-n2cnnc2)cc1.